The van der Waals surface area contributed by atoms with Crippen LogP contribution in [0.25, 0.3) is 0 Å². The van der Waals surface area contributed by atoms with Gasteiger partial charge in [-0.15, -0.1) is 0 Å². The van der Waals surface area contributed by atoms with Crippen LogP contribution >= 0.6 is 0 Å². The van der Waals surface area contributed by atoms with Gasteiger partial charge in [0, 0.05) is 30.0 Å². The van der Waals surface area contributed by atoms with E-state index in [1.165, 1.54) is 12.8 Å². The maximum atomic E-state index is 12.1. The number of fused-ring (bicyclic) bond motifs is 2. The van der Waals surface area contributed by atoms with Gasteiger partial charge >= 0.3 is 0 Å². The number of piperidine rings is 1. The zero-order valence-electron chi connectivity index (χ0n) is 10.5. The van der Waals surface area contributed by atoms with Crippen molar-refractivity contribution in [2.45, 2.75) is 57.7 Å². The molecular weight excluding hydrogens is 216 g/mol. The Hall–Kier alpha value is -0.900. The smallest absolute Gasteiger partial charge is 0.233 e. The number of carbonyl (C=O) groups is 2. The molecule has 0 spiro atoms. The fourth-order valence-corrected chi connectivity index (χ4v) is 3.57. The average Bonchev–Trinajstić information content (AvgIpc) is 2.74. The number of nitrogens with one attached hydrogen (secondary N) is 1. The van der Waals surface area contributed by atoms with Gasteiger partial charge in [0.15, 0.2) is 0 Å². The van der Waals surface area contributed by atoms with Gasteiger partial charge in [-0.05, 0) is 25.7 Å². The van der Waals surface area contributed by atoms with Gasteiger partial charge in [0.05, 0.1) is 0 Å². The van der Waals surface area contributed by atoms with Crippen molar-refractivity contribution in [1.82, 2.24) is 10.2 Å². The molecule has 3 aliphatic rings. The number of amides is 2. The van der Waals surface area contributed by atoms with Crippen LogP contribution in [0.4, 0.5) is 0 Å². The molecule has 2 bridgehead atoms. The van der Waals surface area contributed by atoms with E-state index in [-0.39, 0.29) is 29.7 Å². The Kier molecular flexibility index (Phi) is 2.51. The number of likely N-dealkylation sites (tertiary alicyclic amines) is 1. The first-order valence-corrected chi connectivity index (χ1v) is 6.71. The summed E-state index contributed by atoms with van der Waals surface area (Å²) in [5, 5.41) is 3.55. The molecule has 3 fully saturated rings. The monoisotopic (exact) mass is 236 g/mol. The molecule has 17 heavy (non-hydrogen) atoms. The maximum Gasteiger partial charge on any atom is 0.233 e. The molecule has 3 saturated heterocycles. The molecule has 0 aromatic carbocycles. The molecule has 3 aliphatic heterocycles. The van der Waals surface area contributed by atoms with E-state index in [0.717, 1.165) is 12.8 Å². The van der Waals surface area contributed by atoms with E-state index in [4.69, 9.17) is 0 Å². The first-order valence-electron chi connectivity index (χ1n) is 6.71. The largest absolute Gasteiger partial charge is 0.311 e. The summed E-state index contributed by atoms with van der Waals surface area (Å²) in [6.07, 6.45) is 4.30. The molecule has 4 heteroatoms. The number of hydrogen-bond donors (Lipinski definition) is 1. The van der Waals surface area contributed by atoms with Crippen molar-refractivity contribution in [1.29, 1.82) is 0 Å². The lowest BCUT2D eigenvalue weighted by Gasteiger charge is -2.34. The van der Waals surface area contributed by atoms with E-state index in [0.29, 0.717) is 12.1 Å². The second kappa shape index (κ2) is 3.80. The van der Waals surface area contributed by atoms with Gasteiger partial charge in [-0.2, -0.15) is 0 Å². The second-order valence-electron chi connectivity index (χ2n) is 5.89. The average molecular weight is 236 g/mol. The van der Waals surface area contributed by atoms with Gasteiger partial charge in [0.2, 0.25) is 11.8 Å². The predicted molar refractivity (Wildman–Crippen MR) is 63.1 cm³/mol. The Balaban J connectivity index is 1.80. The first-order chi connectivity index (χ1) is 8.08. The quantitative estimate of drug-likeness (QED) is 0.688. The molecule has 0 radical (unpaired) electrons. The van der Waals surface area contributed by atoms with Crippen molar-refractivity contribution >= 4 is 11.8 Å². The lowest BCUT2D eigenvalue weighted by molar-refractivity contribution is -0.143. The van der Waals surface area contributed by atoms with Crippen LogP contribution < -0.4 is 5.32 Å². The van der Waals surface area contributed by atoms with Gasteiger partial charge in [-0.3, -0.25) is 14.5 Å². The maximum absolute atomic E-state index is 12.1. The molecule has 0 saturated carbocycles. The molecule has 94 valence electrons. The van der Waals surface area contributed by atoms with Crippen LogP contribution in [-0.2, 0) is 9.59 Å². The summed E-state index contributed by atoms with van der Waals surface area (Å²) in [5.74, 6) is -0.160. The third-order valence-electron chi connectivity index (χ3n) is 4.82. The van der Waals surface area contributed by atoms with E-state index in [1.54, 1.807) is 4.90 Å². The van der Waals surface area contributed by atoms with Crippen LogP contribution in [-0.4, -0.2) is 34.8 Å². The summed E-state index contributed by atoms with van der Waals surface area (Å²) in [4.78, 5) is 25.9. The molecule has 1 N–H and O–H groups in total. The Morgan fingerprint density at radius 3 is 1.94 bits per heavy atom. The van der Waals surface area contributed by atoms with Gasteiger partial charge < -0.3 is 5.32 Å². The van der Waals surface area contributed by atoms with E-state index in [9.17, 15) is 9.59 Å². The number of hydrogen-bond acceptors (Lipinski definition) is 3. The van der Waals surface area contributed by atoms with E-state index < -0.39 is 0 Å². The van der Waals surface area contributed by atoms with Crippen LogP contribution in [0, 0.1) is 11.8 Å². The topological polar surface area (TPSA) is 49.4 Å². The van der Waals surface area contributed by atoms with Crippen molar-refractivity contribution in [3.05, 3.63) is 0 Å². The zero-order valence-corrected chi connectivity index (χ0v) is 10.5. The van der Waals surface area contributed by atoms with E-state index in [2.05, 4.69) is 5.32 Å². The molecule has 4 atom stereocenters. The van der Waals surface area contributed by atoms with Gasteiger partial charge in [0.25, 0.3) is 0 Å². The molecule has 4 nitrogen and oxygen atoms in total. The highest BCUT2D eigenvalue weighted by Gasteiger charge is 2.48. The minimum atomic E-state index is -0.130. The Labute approximate surface area is 102 Å². The fraction of sp³-hybridized carbons (Fsp3) is 0.846. The van der Waals surface area contributed by atoms with Gasteiger partial charge in [0.1, 0.15) is 0 Å². The van der Waals surface area contributed by atoms with Crippen molar-refractivity contribution in [2.24, 2.45) is 11.8 Å². The van der Waals surface area contributed by atoms with Crippen LogP contribution in [0.15, 0.2) is 0 Å². The number of carbonyl (C=O) groups excluding carboxylic acids is 2. The zero-order chi connectivity index (χ0) is 12.2. The summed E-state index contributed by atoms with van der Waals surface area (Å²) >= 11 is 0. The molecule has 2 amide bonds. The summed E-state index contributed by atoms with van der Waals surface area (Å²) < 4.78 is 0. The number of nitrogens with zero attached hydrogens (tertiary/aromatic N) is 1. The minimum absolute atomic E-state index is 0.0498. The minimum Gasteiger partial charge on any atom is -0.311 e. The predicted octanol–water partition coefficient (Wildman–Crippen LogP) is 0.910. The summed E-state index contributed by atoms with van der Waals surface area (Å²) in [5.41, 5.74) is 0. The van der Waals surface area contributed by atoms with Gasteiger partial charge in [-0.1, -0.05) is 13.8 Å². The first kappa shape index (κ1) is 11.2. The van der Waals surface area contributed by atoms with Crippen LogP contribution in [0.1, 0.15) is 39.5 Å². The third kappa shape index (κ3) is 1.61. The van der Waals surface area contributed by atoms with Crippen molar-refractivity contribution < 1.29 is 9.59 Å². The highest BCUT2D eigenvalue weighted by atomic mass is 16.2. The normalized spacial score (nSPS) is 45.8. The molecule has 0 aromatic rings. The highest BCUT2D eigenvalue weighted by molar-refractivity contribution is 6.05. The lowest BCUT2D eigenvalue weighted by atomic mass is 9.98. The lowest BCUT2D eigenvalue weighted by Crippen LogP contribution is -2.50. The third-order valence-corrected chi connectivity index (χ3v) is 4.82. The molecule has 3 rings (SSSR count). The van der Waals surface area contributed by atoms with Crippen molar-refractivity contribution in [2.75, 3.05) is 0 Å². The standard InChI is InChI=1S/C13H20N2O2/c1-7-8(2)13(17)15(12(7)16)11-5-9-3-4-10(6-11)14-9/h7-11,14H,3-6H2,1-2H3. The Bertz CT molecular complexity index is 336. The van der Waals surface area contributed by atoms with Crippen molar-refractivity contribution in [3.63, 3.8) is 0 Å². The summed E-state index contributed by atoms with van der Waals surface area (Å²) in [7, 11) is 0. The molecular formula is C13H20N2O2. The summed E-state index contributed by atoms with van der Waals surface area (Å²) in [6.45, 7) is 3.75. The fourth-order valence-electron chi connectivity index (χ4n) is 3.57. The Morgan fingerprint density at radius 1 is 1.00 bits per heavy atom. The number of rotatable bonds is 1. The van der Waals surface area contributed by atoms with E-state index >= 15 is 0 Å². The van der Waals surface area contributed by atoms with Crippen LogP contribution in [0.3, 0.4) is 0 Å². The SMILES string of the molecule is CC1C(=O)N(C2CC3CCC(C2)N3)C(=O)C1C. The van der Waals surface area contributed by atoms with Crippen molar-refractivity contribution in [3.8, 4) is 0 Å². The summed E-state index contributed by atoms with van der Waals surface area (Å²) in [6, 6.07) is 1.19. The molecule has 4 unspecified atom stereocenters. The van der Waals surface area contributed by atoms with Crippen LogP contribution in [0.5, 0.6) is 0 Å². The molecule has 3 heterocycles. The molecule has 0 aliphatic carbocycles. The molecule has 0 aromatic heterocycles. The number of imide groups is 1. The van der Waals surface area contributed by atoms with Crippen LogP contribution in [0.2, 0.25) is 0 Å². The Morgan fingerprint density at radius 2 is 1.47 bits per heavy atom. The second-order valence-corrected chi connectivity index (χ2v) is 5.89. The highest BCUT2D eigenvalue weighted by Crippen LogP contribution is 2.35. The van der Waals surface area contributed by atoms with Gasteiger partial charge in [-0.25, -0.2) is 0 Å². The van der Waals surface area contributed by atoms with E-state index in [1.807, 2.05) is 13.8 Å².